The molecule has 64 heavy (non-hydrogen) atoms. The summed E-state index contributed by atoms with van der Waals surface area (Å²) in [6, 6.07) is 0. The van der Waals surface area contributed by atoms with Crippen molar-refractivity contribution in [2.45, 2.75) is 264 Å². The molecule has 0 rings (SSSR count). The molecule has 0 heterocycles. The molecule has 0 bridgehead atoms. The lowest BCUT2D eigenvalue weighted by atomic mass is 10.1. The van der Waals surface area contributed by atoms with E-state index < -0.39 is 6.10 Å². The van der Waals surface area contributed by atoms with Crippen molar-refractivity contribution in [3.63, 3.8) is 0 Å². The number of unbranched alkanes of at least 4 members (excludes halogenated alkanes) is 25. The molecule has 0 aliphatic carbocycles. The first kappa shape index (κ1) is 60.9. The van der Waals surface area contributed by atoms with E-state index in [9.17, 15) is 14.4 Å². The van der Waals surface area contributed by atoms with Crippen LogP contribution in [-0.4, -0.2) is 37.2 Å². The fourth-order valence-corrected chi connectivity index (χ4v) is 7.40. The Hall–Kier alpha value is -3.15. The van der Waals surface area contributed by atoms with Crippen LogP contribution < -0.4 is 0 Å². The van der Waals surface area contributed by atoms with Gasteiger partial charge in [0.25, 0.3) is 0 Å². The summed E-state index contributed by atoms with van der Waals surface area (Å²) in [6.07, 6.45) is 66.0. The Morgan fingerprint density at radius 1 is 0.328 bits per heavy atom. The molecule has 0 aliphatic rings. The highest BCUT2D eigenvalue weighted by atomic mass is 16.6. The Kier molecular flexibility index (Phi) is 49.9. The van der Waals surface area contributed by atoms with Crippen molar-refractivity contribution < 1.29 is 28.6 Å². The highest BCUT2D eigenvalue weighted by Crippen LogP contribution is 2.14. The van der Waals surface area contributed by atoms with E-state index in [4.69, 9.17) is 14.2 Å². The summed E-state index contributed by atoms with van der Waals surface area (Å²) in [5.74, 6) is -0.914. The van der Waals surface area contributed by atoms with Crippen molar-refractivity contribution in [3.05, 3.63) is 72.9 Å². The molecule has 0 aliphatic heterocycles. The maximum absolute atomic E-state index is 12.8. The van der Waals surface area contributed by atoms with Gasteiger partial charge in [0, 0.05) is 19.3 Å². The van der Waals surface area contributed by atoms with Crippen LogP contribution in [0, 0.1) is 0 Å². The van der Waals surface area contributed by atoms with Crippen molar-refractivity contribution in [2.24, 2.45) is 0 Å². The Labute approximate surface area is 395 Å². The molecule has 1 unspecified atom stereocenters. The maximum atomic E-state index is 12.8. The van der Waals surface area contributed by atoms with Gasteiger partial charge in [-0.25, -0.2) is 0 Å². The number of ether oxygens (including phenoxy) is 3. The first-order valence-corrected chi connectivity index (χ1v) is 26.9. The fraction of sp³-hybridized carbons (Fsp3) is 0.741. The predicted molar refractivity (Wildman–Crippen MR) is 274 cm³/mol. The zero-order chi connectivity index (χ0) is 46.5. The third kappa shape index (κ3) is 49.9. The van der Waals surface area contributed by atoms with E-state index in [0.29, 0.717) is 19.3 Å². The average Bonchev–Trinajstić information content (AvgIpc) is 3.29. The molecule has 0 saturated carbocycles. The molecule has 0 radical (unpaired) electrons. The lowest BCUT2D eigenvalue weighted by Gasteiger charge is -2.18. The summed E-state index contributed by atoms with van der Waals surface area (Å²) in [5, 5.41) is 0. The molecule has 0 aromatic heterocycles. The van der Waals surface area contributed by atoms with E-state index in [1.165, 1.54) is 103 Å². The van der Waals surface area contributed by atoms with Crippen LogP contribution in [0.3, 0.4) is 0 Å². The third-order valence-electron chi connectivity index (χ3n) is 11.4. The van der Waals surface area contributed by atoms with Gasteiger partial charge in [0.1, 0.15) is 13.2 Å². The largest absolute Gasteiger partial charge is 0.462 e. The van der Waals surface area contributed by atoms with Gasteiger partial charge in [-0.3, -0.25) is 14.4 Å². The number of carbonyl (C=O) groups is 3. The van der Waals surface area contributed by atoms with Gasteiger partial charge < -0.3 is 14.2 Å². The average molecular weight is 893 g/mol. The molecule has 6 nitrogen and oxygen atoms in total. The minimum Gasteiger partial charge on any atom is -0.462 e. The highest BCUT2D eigenvalue weighted by molar-refractivity contribution is 5.71. The molecular formula is C58H100O6. The molecule has 0 saturated heterocycles. The number of hydrogen-bond donors (Lipinski definition) is 0. The van der Waals surface area contributed by atoms with Gasteiger partial charge in [0.05, 0.1) is 0 Å². The Morgan fingerprint density at radius 3 is 0.953 bits per heavy atom. The SMILES string of the molecule is CC/C=C\C/C=C\C/C=C\CCCCCCCC(=O)OC(COC(=O)CCCCCCCC/C=C\C/C=C\C/C=C\CCCCCCC)COC(=O)CCCCCCCCCCCC. The number of hydrogen-bond acceptors (Lipinski definition) is 6. The van der Waals surface area contributed by atoms with Crippen molar-refractivity contribution >= 4 is 17.9 Å². The first-order chi connectivity index (χ1) is 31.5. The second-order valence-corrected chi connectivity index (χ2v) is 17.8. The lowest BCUT2D eigenvalue weighted by molar-refractivity contribution is -0.167. The summed E-state index contributed by atoms with van der Waals surface area (Å²) >= 11 is 0. The van der Waals surface area contributed by atoms with Crippen LogP contribution in [0.1, 0.15) is 258 Å². The van der Waals surface area contributed by atoms with Crippen LogP contribution >= 0.6 is 0 Å². The number of esters is 3. The van der Waals surface area contributed by atoms with Gasteiger partial charge in [0.15, 0.2) is 6.10 Å². The van der Waals surface area contributed by atoms with Crippen LogP contribution in [0.15, 0.2) is 72.9 Å². The van der Waals surface area contributed by atoms with E-state index in [1.54, 1.807) is 0 Å². The predicted octanol–water partition coefficient (Wildman–Crippen LogP) is 17.8. The van der Waals surface area contributed by atoms with E-state index >= 15 is 0 Å². The minimum atomic E-state index is -0.788. The first-order valence-electron chi connectivity index (χ1n) is 26.9. The van der Waals surface area contributed by atoms with Crippen LogP contribution in [0.4, 0.5) is 0 Å². The van der Waals surface area contributed by atoms with Gasteiger partial charge in [-0.15, -0.1) is 0 Å². The molecule has 6 heteroatoms. The highest BCUT2D eigenvalue weighted by Gasteiger charge is 2.19. The zero-order valence-electron chi connectivity index (χ0n) is 42.0. The molecule has 0 amide bonds. The summed E-state index contributed by atoms with van der Waals surface area (Å²) in [4.78, 5) is 38.0. The quantitative estimate of drug-likeness (QED) is 0.0262. The molecule has 1 atom stereocenters. The second kappa shape index (κ2) is 52.5. The number of rotatable bonds is 48. The summed E-state index contributed by atoms with van der Waals surface area (Å²) < 4.78 is 16.8. The number of allylic oxidation sites excluding steroid dienone is 12. The third-order valence-corrected chi connectivity index (χ3v) is 11.4. The van der Waals surface area contributed by atoms with Crippen LogP contribution in [-0.2, 0) is 28.6 Å². The van der Waals surface area contributed by atoms with Gasteiger partial charge >= 0.3 is 17.9 Å². The molecule has 368 valence electrons. The Bertz CT molecular complexity index is 1210. The monoisotopic (exact) mass is 893 g/mol. The fourth-order valence-electron chi connectivity index (χ4n) is 7.40. The van der Waals surface area contributed by atoms with Gasteiger partial charge in [-0.2, -0.15) is 0 Å². The van der Waals surface area contributed by atoms with Crippen LogP contribution in [0.25, 0.3) is 0 Å². The van der Waals surface area contributed by atoms with Crippen molar-refractivity contribution in [3.8, 4) is 0 Å². The zero-order valence-corrected chi connectivity index (χ0v) is 42.0. The number of carbonyl (C=O) groups excluding carboxylic acids is 3. The van der Waals surface area contributed by atoms with Crippen molar-refractivity contribution in [1.29, 1.82) is 0 Å². The normalized spacial score (nSPS) is 12.6. The molecular weight excluding hydrogens is 793 g/mol. The van der Waals surface area contributed by atoms with Gasteiger partial charge in [-0.1, -0.05) is 222 Å². The molecule has 0 N–H and O–H groups in total. The van der Waals surface area contributed by atoms with E-state index in [0.717, 1.165) is 116 Å². The Balaban J connectivity index is 4.36. The molecule has 0 aromatic carbocycles. The molecule has 0 aromatic rings. The van der Waals surface area contributed by atoms with Crippen LogP contribution in [0.2, 0.25) is 0 Å². The smallest absolute Gasteiger partial charge is 0.306 e. The van der Waals surface area contributed by atoms with Gasteiger partial charge in [-0.05, 0) is 89.9 Å². The second-order valence-electron chi connectivity index (χ2n) is 17.8. The van der Waals surface area contributed by atoms with Crippen LogP contribution in [0.5, 0.6) is 0 Å². The minimum absolute atomic E-state index is 0.0856. The van der Waals surface area contributed by atoms with Gasteiger partial charge in [0.2, 0.25) is 0 Å². The lowest BCUT2D eigenvalue weighted by Crippen LogP contribution is -2.30. The van der Waals surface area contributed by atoms with Crippen molar-refractivity contribution in [1.82, 2.24) is 0 Å². The topological polar surface area (TPSA) is 78.9 Å². The van der Waals surface area contributed by atoms with E-state index in [2.05, 4.69) is 93.7 Å². The standard InChI is InChI=1S/C58H100O6/c1-4-7-10-13-16-19-22-24-26-27-28-29-30-31-33-34-36-39-42-45-48-51-57(60)63-54-55(53-62-56(59)50-47-44-41-38-21-18-15-12-9-6-3)64-58(61)52-49-46-43-40-37-35-32-25-23-20-17-14-11-8-5-2/h8,11,17,20,22,24-25,27-28,30-32,55H,4-7,9-10,12-16,18-19,21,23,26,29,33-54H2,1-3H3/b11-8-,20-17-,24-22-,28-27-,31-30-,32-25-. The molecule has 0 fully saturated rings. The van der Waals surface area contributed by atoms with Crippen molar-refractivity contribution in [2.75, 3.05) is 13.2 Å². The summed E-state index contributed by atoms with van der Waals surface area (Å²) in [7, 11) is 0. The maximum Gasteiger partial charge on any atom is 0.306 e. The Morgan fingerprint density at radius 2 is 0.609 bits per heavy atom. The van der Waals surface area contributed by atoms with E-state index in [-0.39, 0.29) is 31.1 Å². The molecule has 0 spiro atoms. The summed E-state index contributed by atoms with van der Waals surface area (Å²) in [6.45, 7) is 6.48. The van der Waals surface area contributed by atoms with E-state index in [1.807, 2.05) is 0 Å². The summed E-state index contributed by atoms with van der Waals surface area (Å²) in [5.41, 5.74) is 0.